The number of nitrogen functional groups attached to an aromatic ring is 1. The number of anilines is 1. The van der Waals surface area contributed by atoms with Crippen LogP contribution in [0, 0.1) is 5.41 Å². The average Bonchev–Trinajstić information content (AvgIpc) is 2.73. The number of hydrogen-bond donors (Lipinski definition) is 2. The number of fused-ring (bicyclic) bond motifs is 1. The quantitative estimate of drug-likeness (QED) is 0.560. The third-order valence-electron chi connectivity index (χ3n) is 4.11. The first-order valence-electron chi connectivity index (χ1n) is 7.95. The Bertz CT molecular complexity index is 975. The number of rotatable bonds is 2. The Morgan fingerprint density at radius 3 is 2.46 bits per heavy atom. The van der Waals surface area contributed by atoms with E-state index in [-0.39, 0.29) is 16.9 Å². The van der Waals surface area contributed by atoms with Gasteiger partial charge in [-0.05, 0) is 41.3 Å². The second-order valence-electron chi connectivity index (χ2n) is 7.47. The van der Waals surface area contributed by atoms with Crippen molar-refractivity contribution >= 4 is 16.7 Å². The van der Waals surface area contributed by atoms with E-state index in [1.54, 1.807) is 34.4 Å². The third kappa shape index (κ3) is 2.77. The predicted octanol–water partition coefficient (Wildman–Crippen LogP) is 3.34. The van der Waals surface area contributed by atoms with Gasteiger partial charge in [0, 0.05) is 24.8 Å². The molecule has 0 radical (unpaired) electrons. The summed E-state index contributed by atoms with van der Waals surface area (Å²) in [5.41, 5.74) is 9.61. The van der Waals surface area contributed by atoms with Gasteiger partial charge in [0.1, 0.15) is 5.75 Å². The molecule has 0 saturated heterocycles. The highest BCUT2D eigenvalue weighted by Gasteiger charge is 2.18. The average molecular weight is 325 g/mol. The summed E-state index contributed by atoms with van der Waals surface area (Å²) in [5, 5.41) is 10.1. The van der Waals surface area contributed by atoms with E-state index in [2.05, 4.69) is 20.8 Å². The summed E-state index contributed by atoms with van der Waals surface area (Å²) >= 11 is 0. The number of nitrogens with two attached hydrogens (primary N) is 1. The topological polar surface area (TPSA) is 73.2 Å². The zero-order valence-corrected chi connectivity index (χ0v) is 14.5. The first-order valence-corrected chi connectivity index (χ1v) is 7.95. The van der Waals surface area contributed by atoms with Gasteiger partial charge in [-0.2, -0.15) is 0 Å². The van der Waals surface area contributed by atoms with Gasteiger partial charge in [-0.3, -0.25) is 9.13 Å². The molecule has 0 atom stereocenters. The molecule has 0 saturated carbocycles. The maximum atomic E-state index is 12.6. The molecule has 0 aliphatic rings. The highest BCUT2D eigenvalue weighted by Crippen LogP contribution is 2.33. The van der Waals surface area contributed by atoms with Crippen molar-refractivity contribution in [2.45, 2.75) is 27.3 Å². The lowest BCUT2D eigenvalue weighted by Gasteiger charge is -2.18. The van der Waals surface area contributed by atoms with E-state index in [1.807, 2.05) is 18.2 Å². The Morgan fingerprint density at radius 2 is 1.79 bits per heavy atom. The van der Waals surface area contributed by atoms with Crippen molar-refractivity contribution in [2.24, 2.45) is 12.5 Å². The molecular weight excluding hydrogens is 302 g/mol. The zero-order chi connectivity index (χ0) is 17.6. The number of benzene rings is 2. The second kappa shape index (κ2) is 5.44. The normalized spacial score (nSPS) is 12.0. The van der Waals surface area contributed by atoms with Crippen molar-refractivity contribution < 1.29 is 5.11 Å². The maximum absolute atomic E-state index is 12.6. The molecule has 0 spiro atoms. The van der Waals surface area contributed by atoms with Crippen LogP contribution in [0.15, 0.2) is 41.2 Å². The monoisotopic (exact) mass is 325 g/mol. The summed E-state index contributed by atoms with van der Waals surface area (Å²) in [4.78, 5) is 12.6. The van der Waals surface area contributed by atoms with Gasteiger partial charge < -0.3 is 10.8 Å². The molecule has 126 valence electrons. The number of aryl methyl sites for hydroxylation is 1. The van der Waals surface area contributed by atoms with Crippen LogP contribution in [-0.2, 0) is 13.6 Å². The van der Waals surface area contributed by atoms with Gasteiger partial charge in [-0.1, -0.05) is 26.8 Å². The van der Waals surface area contributed by atoms with Crippen molar-refractivity contribution in [1.82, 2.24) is 9.13 Å². The van der Waals surface area contributed by atoms with Crippen molar-refractivity contribution in [2.75, 3.05) is 5.73 Å². The molecule has 3 N–H and O–H groups in total. The molecule has 0 bridgehead atoms. The summed E-state index contributed by atoms with van der Waals surface area (Å²) in [6.45, 7) is 6.97. The van der Waals surface area contributed by atoms with Crippen LogP contribution in [0.25, 0.3) is 22.2 Å². The van der Waals surface area contributed by atoms with Crippen molar-refractivity contribution in [1.29, 1.82) is 0 Å². The fourth-order valence-corrected chi connectivity index (χ4v) is 2.99. The molecule has 3 aromatic rings. The molecule has 3 rings (SSSR count). The van der Waals surface area contributed by atoms with Crippen LogP contribution in [0.1, 0.15) is 20.8 Å². The molecule has 0 aliphatic heterocycles. The van der Waals surface area contributed by atoms with Gasteiger partial charge in [-0.25, -0.2) is 4.79 Å². The minimum Gasteiger partial charge on any atom is -0.507 e. The van der Waals surface area contributed by atoms with E-state index in [9.17, 15) is 9.90 Å². The summed E-state index contributed by atoms with van der Waals surface area (Å²) in [5.74, 6) is 0.169. The minimum absolute atomic E-state index is 0.00291. The SMILES string of the molecule is Cn1c(=O)n(CC(C)(C)C)c2ccc(-c3cc(N)ccc3O)cc21. The van der Waals surface area contributed by atoms with Crippen molar-refractivity contribution in [3.05, 3.63) is 46.9 Å². The molecule has 0 fully saturated rings. The van der Waals surface area contributed by atoms with E-state index >= 15 is 0 Å². The minimum atomic E-state index is -0.0335. The van der Waals surface area contributed by atoms with Crippen LogP contribution in [0.4, 0.5) is 5.69 Å². The lowest BCUT2D eigenvalue weighted by Crippen LogP contribution is -2.27. The molecule has 1 aromatic heterocycles. The van der Waals surface area contributed by atoms with Gasteiger partial charge in [-0.15, -0.1) is 0 Å². The Hall–Kier alpha value is -2.69. The van der Waals surface area contributed by atoms with E-state index in [4.69, 9.17) is 5.73 Å². The largest absolute Gasteiger partial charge is 0.507 e. The van der Waals surface area contributed by atoms with Crippen LogP contribution in [0.3, 0.4) is 0 Å². The highest BCUT2D eigenvalue weighted by atomic mass is 16.3. The fraction of sp³-hybridized carbons (Fsp3) is 0.316. The molecule has 0 amide bonds. The molecule has 0 aliphatic carbocycles. The highest BCUT2D eigenvalue weighted by molar-refractivity contribution is 5.85. The van der Waals surface area contributed by atoms with Gasteiger partial charge >= 0.3 is 5.69 Å². The Morgan fingerprint density at radius 1 is 1.08 bits per heavy atom. The molecule has 5 nitrogen and oxygen atoms in total. The molecule has 24 heavy (non-hydrogen) atoms. The summed E-state index contributed by atoms with van der Waals surface area (Å²) < 4.78 is 3.45. The number of nitrogens with zero attached hydrogens (tertiary/aromatic N) is 2. The van der Waals surface area contributed by atoms with Gasteiger partial charge in [0.15, 0.2) is 0 Å². The summed E-state index contributed by atoms with van der Waals surface area (Å²) in [7, 11) is 1.77. The Labute approximate surface area is 141 Å². The zero-order valence-electron chi connectivity index (χ0n) is 14.5. The third-order valence-corrected chi connectivity index (χ3v) is 4.11. The van der Waals surface area contributed by atoms with Gasteiger partial charge in [0.25, 0.3) is 0 Å². The fourth-order valence-electron chi connectivity index (χ4n) is 2.99. The van der Waals surface area contributed by atoms with E-state index in [1.165, 1.54) is 0 Å². The smallest absolute Gasteiger partial charge is 0.328 e. The van der Waals surface area contributed by atoms with Crippen LogP contribution in [-0.4, -0.2) is 14.2 Å². The predicted molar refractivity (Wildman–Crippen MR) is 98.1 cm³/mol. The summed E-state index contributed by atoms with van der Waals surface area (Å²) in [6, 6.07) is 10.7. The lowest BCUT2D eigenvalue weighted by molar-refractivity contribution is 0.342. The number of imidazole rings is 1. The number of aromatic hydroxyl groups is 1. The van der Waals surface area contributed by atoms with Gasteiger partial charge in [0.2, 0.25) is 0 Å². The molecule has 1 heterocycles. The molecule has 0 unspecified atom stereocenters. The first kappa shape index (κ1) is 16.2. The van der Waals surface area contributed by atoms with E-state index in [0.717, 1.165) is 16.6 Å². The molecule has 2 aromatic carbocycles. The maximum Gasteiger partial charge on any atom is 0.328 e. The standard InChI is InChI=1S/C19H23N3O2/c1-19(2,3)11-22-15-7-5-12(9-16(15)21(4)18(22)24)14-10-13(20)6-8-17(14)23/h5-10,23H,11,20H2,1-4H3. The van der Waals surface area contributed by atoms with Crippen LogP contribution in [0.2, 0.25) is 0 Å². The van der Waals surface area contributed by atoms with Crippen LogP contribution >= 0.6 is 0 Å². The van der Waals surface area contributed by atoms with E-state index < -0.39 is 0 Å². The van der Waals surface area contributed by atoms with Crippen LogP contribution < -0.4 is 11.4 Å². The van der Waals surface area contributed by atoms with Crippen LogP contribution in [0.5, 0.6) is 5.75 Å². The molecule has 5 heteroatoms. The second-order valence-corrected chi connectivity index (χ2v) is 7.47. The van der Waals surface area contributed by atoms with Crippen molar-refractivity contribution in [3.8, 4) is 16.9 Å². The van der Waals surface area contributed by atoms with E-state index in [0.29, 0.717) is 17.8 Å². The Balaban J connectivity index is 2.21. The van der Waals surface area contributed by atoms with Crippen molar-refractivity contribution in [3.63, 3.8) is 0 Å². The lowest BCUT2D eigenvalue weighted by atomic mass is 9.97. The number of hydrogen-bond acceptors (Lipinski definition) is 3. The first-order chi connectivity index (χ1) is 11.2. The Kier molecular flexibility index (Phi) is 3.67. The van der Waals surface area contributed by atoms with Gasteiger partial charge in [0.05, 0.1) is 11.0 Å². The molecular formula is C19H23N3O2. The number of aromatic nitrogens is 2. The number of phenolic OH excluding ortho intramolecular Hbond substituents is 1. The summed E-state index contributed by atoms with van der Waals surface area (Å²) in [6.07, 6.45) is 0. The number of phenols is 1.